The number of rotatable bonds is 3. The summed E-state index contributed by atoms with van der Waals surface area (Å²) in [5.74, 6) is 0.286. The van der Waals surface area contributed by atoms with Gasteiger partial charge in [-0.25, -0.2) is 13.9 Å². The summed E-state index contributed by atoms with van der Waals surface area (Å²) in [5, 5.41) is 19.6. The van der Waals surface area contributed by atoms with Crippen LogP contribution in [0, 0.1) is 0 Å². The standard InChI is InChI=1S/C14H18N4O6S/c1-25(21,22)14-15-12-11-7(2-3-23-17-12)5-18(13(11)16-14)10-4-8(20)9(6-19)24-10/h5,8-10,19-20H,2-4,6H2,1H3,(H,15,16,17)/t8-,9+,10+/m0/s1. The third kappa shape index (κ3) is 2.77. The second-order valence-electron chi connectivity index (χ2n) is 6.20. The molecule has 4 heterocycles. The van der Waals surface area contributed by atoms with Crippen LogP contribution in [0.2, 0.25) is 0 Å². The van der Waals surface area contributed by atoms with E-state index in [0.717, 1.165) is 11.8 Å². The van der Waals surface area contributed by atoms with E-state index >= 15 is 0 Å². The van der Waals surface area contributed by atoms with E-state index in [2.05, 4.69) is 15.4 Å². The molecule has 0 radical (unpaired) electrons. The molecule has 136 valence electrons. The minimum Gasteiger partial charge on any atom is -0.394 e. The summed E-state index contributed by atoms with van der Waals surface area (Å²) in [5.41, 5.74) is 3.95. The summed E-state index contributed by atoms with van der Waals surface area (Å²) in [6, 6.07) is 0. The largest absolute Gasteiger partial charge is 0.394 e. The molecular formula is C14H18N4O6S. The zero-order valence-electron chi connectivity index (χ0n) is 13.4. The number of aliphatic hydroxyl groups is 2. The van der Waals surface area contributed by atoms with Gasteiger partial charge in [0.25, 0.3) is 5.16 Å². The van der Waals surface area contributed by atoms with Crippen LogP contribution in [0.5, 0.6) is 0 Å². The van der Waals surface area contributed by atoms with Crippen LogP contribution in [0.3, 0.4) is 0 Å². The quantitative estimate of drug-likeness (QED) is 0.604. The molecule has 2 aliphatic rings. The average Bonchev–Trinajstić information content (AvgIpc) is 3.03. The van der Waals surface area contributed by atoms with Gasteiger partial charge in [0.1, 0.15) is 18.0 Å². The molecule has 3 N–H and O–H groups in total. The number of sulfone groups is 1. The zero-order chi connectivity index (χ0) is 17.8. The van der Waals surface area contributed by atoms with E-state index < -0.39 is 28.3 Å². The highest BCUT2D eigenvalue weighted by Crippen LogP contribution is 2.36. The summed E-state index contributed by atoms with van der Waals surface area (Å²) < 4.78 is 31.2. The number of nitrogens with one attached hydrogen (secondary N) is 1. The number of ether oxygens (including phenoxy) is 1. The number of hydrogen-bond donors (Lipinski definition) is 3. The fraction of sp³-hybridized carbons (Fsp3) is 0.571. The first-order chi connectivity index (χ1) is 11.9. The third-order valence-corrected chi connectivity index (χ3v) is 5.24. The van der Waals surface area contributed by atoms with Crippen molar-refractivity contribution in [3.63, 3.8) is 0 Å². The Labute approximate surface area is 143 Å². The molecule has 2 aromatic heterocycles. The molecule has 0 amide bonds. The van der Waals surface area contributed by atoms with Gasteiger partial charge in [-0.2, -0.15) is 9.97 Å². The highest BCUT2D eigenvalue weighted by molar-refractivity contribution is 7.90. The Morgan fingerprint density at radius 1 is 1.44 bits per heavy atom. The molecule has 0 saturated carbocycles. The van der Waals surface area contributed by atoms with Crippen LogP contribution in [0.4, 0.5) is 5.82 Å². The van der Waals surface area contributed by atoms with Crippen LogP contribution in [0.25, 0.3) is 11.0 Å². The van der Waals surface area contributed by atoms with Crippen molar-refractivity contribution in [3.05, 3.63) is 11.8 Å². The predicted molar refractivity (Wildman–Crippen MR) is 85.5 cm³/mol. The van der Waals surface area contributed by atoms with E-state index in [1.54, 1.807) is 4.57 Å². The smallest absolute Gasteiger partial charge is 0.250 e. The second-order valence-corrected chi connectivity index (χ2v) is 8.11. The van der Waals surface area contributed by atoms with Gasteiger partial charge in [0.15, 0.2) is 5.82 Å². The minimum absolute atomic E-state index is 0.270. The molecule has 1 fully saturated rings. The highest BCUT2D eigenvalue weighted by Gasteiger charge is 2.36. The van der Waals surface area contributed by atoms with E-state index in [9.17, 15) is 18.6 Å². The van der Waals surface area contributed by atoms with Crippen LogP contribution >= 0.6 is 0 Å². The number of aromatic nitrogens is 3. The first kappa shape index (κ1) is 16.7. The summed E-state index contributed by atoms with van der Waals surface area (Å²) in [6.07, 6.45) is 1.65. The molecular weight excluding hydrogens is 352 g/mol. The monoisotopic (exact) mass is 370 g/mol. The van der Waals surface area contributed by atoms with Gasteiger partial charge in [0, 0.05) is 25.3 Å². The molecule has 1 saturated heterocycles. The van der Waals surface area contributed by atoms with Crippen molar-refractivity contribution in [1.29, 1.82) is 0 Å². The Morgan fingerprint density at radius 3 is 2.92 bits per heavy atom. The van der Waals surface area contributed by atoms with Gasteiger partial charge in [0.05, 0.1) is 24.7 Å². The maximum Gasteiger partial charge on any atom is 0.250 e. The Hall–Kier alpha value is -1.79. The maximum absolute atomic E-state index is 11.9. The van der Waals surface area contributed by atoms with Crippen LogP contribution in [-0.4, -0.2) is 64.8 Å². The van der Waals surface area contributed by atoms with Crippen molar-refractivity contribution in [3.8, 4) is 0 Å². The van der Waals surface area contributed by atoms with E-state index in [4.69, 9.17) is 9.57 Å². The second kappa shape index (κ2) is 5.88. The molecule has 0 aliphatic carbocycles. The van der Waals surface area contributed by atoms with Crippen LogP contribution in [0.15, 0.2) is 11.4 Å². The zero-order valence-corrected chi connectivity index (χ0v) is 14.2. The lowest BCUT2D eigenvalue weighted by molar-refractivity contribution is -0.0431. The summed E-state index contributed by atoms with van der Waals surface area (Å²) in [7, 11) is -3.63. The van der Waals surface area contributed by atoms with Crippen molar-refractivity contribution in [2.45, 2.75) is 36.4 Å². The molecule has 2 aliphatic heterocycles. The van der Waals surface area contributed by atoms with Crippen molar-refractivity contribution in [2.75, 3.05) is 24.9 Å². The minimum atomic E-state index is -3.63. The van der Waals surface area contributed by atoms with Crippen LogP contribution in [0.1, 0.15) is 18.2 Å². The molecule has 0 bridgehead atoms. The SMILES string of the molecule is CS(=O)(=O)c1nc2c3c(cn([C@H]4C[C@H](O)[C@@H](CO)O4)c3n1)CCON2. The Balaban J connectivity index is 1.91. The lowest BCUT2D eigenvalue weighted by Crippen LogP contribution is -2.24. The lowest BCUT2D eigenvalue weighted by Gasteiger charge is -2.15. The molecule has 4 rings (SSSR count). The number of nitrogens with zero attached hydrogens (tertiary/aromatic N) is 3. The first-order valence-corrected chi connectivity index (χ1v) is 9.71. The third-order valence-electron chi connectivity index (χ3n) is 4.40. The van der Waals surface area contributed by atoms with Crippen molar-refractivity contribution in [2.24, 2.45) is 0 Å². The van der Waals surface area contributed by atoms with Gasteiger partial charge in [-0.15, -0.1) is 0 Å². The highest BCUT2D eigenvalue weighted by atomic mass is 32.2. The van der Waals surface area contributed by atoms with Gasteiger partial charge in [-0.3, -0.25) is 4.84 Å². The molecule has 25 heavy (non-hydrogen) atoms. The maximum atomic E-state index is 11.9. The van der Waals surface area contributed by atoms with E-state index in [0.29, 0.717) is 24.1 Å². The molecule has 0 spiro atoms. The predicted octanol–water partition coefficient (Wildman–Crippen LogP) is -0.625. The Bertz CT molecular complexity index is 927. The van der Waals surface area contributed by atoms with Crippen LogP contribution < -0.4 is 5.48 Å². The Morgan fingerprint density at radius 2 is 2.24 bits per heavy atom. The lowest BCUT2D eigenvalue weighted by atomic mass is 10.2. The molecule has 10 nitrogen and oxygen atoms in total. The fourth-order valence-corrected chi connectivity index (χ4v) is 3.69. The normalized spacial score (nSPS) is 26.6. The van der Waals surface area contributed by atoms with Gasteiger partial charge in [-0.05, 0) is 5.56 Å². The summed E-state index contributed by atoms with van der Waals surface area (Å²) in [4.78, 5) is 13.5. The molecule has 0 unspecified atom stereocenters. The van der Waals surface area contributed by atoms with Crippen molar-refractivity contribution < 1.29 is 28.2 Å². The molecule has 11 heteroatoms. The van der Waals surface area contributed by atoms with Gasteiger partial charge in [0.2, 0.25) is 9.84 Å². The van der Waals surface area contributed by atoms with Gasteiger partial charge >= 0.3 is 0 Å². The number of anilines is 1. The molecule has 3 atom stereocenters. The summed E-state index contributed by atoms with van der Waals surface area (Å²) in [6.45, 7) is 0.0883. The summed E-state index contributed by atoms with van der Waals surface area (Å²) >= 11 is 0. The van der Waals surface area contributed by atoms with Gasteiger partial charge < -0.3 is 19.5 Å². The fourth-order valence-electron chi connectivity index (χ4n) is 3.18. The van der Waals surface area contributed by atoms with E-state index in [1.807, 2.05) is 6.20 Å². The van der Waals surface area contributed by atoms with Crippen molar-refractivity contribution in [1.82, 2.24) is 14.5 Å². The first-order valence-electron chi connectivity index (χ1n) is 7.82. The molecule has 2 aromatic rings. The van der Waals surface area contributed by atoms with Crippen LogP contribution in [-0.2, 0) is 25.8 Å². The van der Waals surface area contributed by atoms with Gasteiger partial charge in [-0.1, -0.05) is 0 Å². The topological polar surface area (TPSA) is 136 Å². The van der Waals surface area contributed by atoms with E-state index in [-0.39, 0.29) is 24.0 Å². The Kier molecular flexibility index (Phi) is 3.92. The average molecular weight is 370 g/mol. The number of hydrogen-bond acceptors (Lipinski definition) is 9. The van der Waals surface area contributed by atoms with Crippen molar-refractivity contribution >= 4 is 26.7 Å². The molecule has 0 aromatic carbocycles. The number of aliphatic hydroxyl groups excluding tert-OH is 2. The van der Waals surface area contributed by atoms with E-state index in [1.165, 1.54) is 0 Å².